The Hall–Kier alpha value is -2.77. The quantitative estimate of drug-likeness (QED) is 0.908. The van der Waals surface area contributed by atoms with Crippen LogP contribution in [0.5, 0.6) is 5.75 Å². The second kappa shape index (κ2) is 5.21. The van der Waals surface area contributed by atoms with Crippen LogP contribution < -0.4 is 4.74 Å². The highest BCUT2D eigenvalue weighted by molar-refractivity contribution is 6.14. The van der Waals surface area contributed by atoms with Crippen LogP contribution in [0.1, 0.15) is 26.3 Å². The Balaban J connectivity index is 3.12. The summed E-state index contributed by atoms with van der Waals surface area (Å²) < 4.78 is 44.3. The molecule has 8 heteroatoms. The number of carboxylic acids is 2. The summed E-state index contributed by atoms with van der Waals surface area (Å²) in [6.45, 7) is 0. The molecule has 0 atom stereocenters. The van der Waals surface area contributed by atoms with Gasteiger partial charge in [0.25, 0.3) is 0 Å². The number of hydrogen-bond acceptors (Lipinski definition) is 3. The topological polar surface area (TPSA) is 83.8 Å². The van der Waals surface area contributed by atoms with Crippen molar-refractivity contribution >= 4 is 22.7 Å². The zero-order valence-corrected chi connectivity index (χ0v) is 11.1. The summed E-state index contributed by atoms with van der Waals surface area (Å²) in [7, 11) is 0.975. The van der Waals surface area contributed by atoms with Gasteiger partial charge < -0.3 is 14.9 Å². The van der Waals surface area contributed by atoms with Crippen molar-refractivity contribution in [3.05, 3.63) is 41.0 Å². The molecule has 0 aliphatic carbocycles. The molecule has 0 bridgehead atoms. The predicted molar refractivity (Wildman–Crippen MR) is 69.4 cm³/mol. The van der Waals surface area contributed by atoms with Gasteiger partial charge >= 0.3 is 18.1 Å². The molecule has 0 fully saturated rings. The van der Waals surface area contributed by atoms with E-state index in [9.17, 15) is 27.9 Å². The van der Waals surface area contributed by atoms with Crippen molar-refractivity contribution < 1.29 is 37.7 Å². The summed E-state index contributed by atoms with van der Waals surface area (Å²) in [6, 6.07) is 4.64. The van der Waals surface area contributed by atoms with Gasteiger partial charge in [0.1, 0.15) is 11.3 Å². The number of carbonyl (C=O) groups is 2. The molecule has 2 aromatic rings. The molecule has 0 radical (unpaired) electrons. The molecular formula is C14H9F3O5. The van der Waals surface area contributed by atoms with Crippen LogP contribution in [-0.4, -0.2) is 29.3 Å². The fourth-order valence-electron chi connectivity index (χ4n) is 2.27. The average Bonchev–Trinajstić information content (AvgIpc) is 2.42. The van der Waals surface area contributed by atoms with Gasteiger partial charge in [-0.05, 0) is 17.5 Å². The number of ether oxygens (including phenoxy) is 1. The second-order valence-corrected chi connectivity index (χ2v) is 4.34. The Kier molecular flexibility index (Phi) is 3.70. The molecule has 0 amide bonds. The maximum atomic E-state index is 13.2. The second-order valence-electron chi connectivity index (χ2n) is 4.34. The van der Waals surface area contributed by atoms with E-state index in [2.05, 4.69) is 4.74 Å². The Morgan fingerprint density at radius 2 is 1.77 bits per heavy atom. The SMILES string of the molecule is COc1cc2cccc(C(=O)O)c2c(C(=O)O)c1C(F)(F)F. The number of hydrogen-bond donors (Lipinski definition) is 2. The number of alkyl halides is 3. The van der Waals surface area contributed by atoms with Gasteiger partial charge in [0.05, 0.1) is 18.2 Å². The van der Waals surface area contributed by atoms with E-state index < -0.39 is 45.9 Å². The molecule has 0 spiro atoms. The van der Waals surface area contributed by atoms with Crippen LogP contribution in [0.25, 0.3) is 10.8 Å². The largest absolute Gasteiger partial charge is 0.496 e. The summed E-state index contributed by atoms with van der Waals surface area (Å²) in [4.78, 5) is 22.6. The smallest absolute Gasteiger partial charge is 0.420 e. The average molecular weight is 314 g/mol. The van der Waals surface area contributed by atoms with Gasteiger partial charge in [0, 0.05) is 5.39 Å². The maximum absolute atomic E-state index is 13.2. The lowest BCUT2D eigenvalue weighted by molar-refractivity contribution is -0.139. The number of methoxy groups -OCH3 is 1. The molecule has 0 aromatic heterocycles. The standard InChI is InChI=1S/C14H9F3O5/c1-22-8-5-6-3-2-4-7(12(18)19)9(6)10(13(20)21)11(8)14(15,16)17/h2-5H,1H3,(H,18,19)(H,20,21). The maximum Gasteiger partial charge on any atom is 0.420 e. The van der Waals surface area contributed by atoms with Crippen LogP contribution in [0.4, 0.5) is 13.2 Å². The molecule has 0 heterocycles. The first-order valence-corrected chi connectivity index (χ1v) is 5.86. The number of fused-ring (bicyclic) bond motifs is 1. The number of aromatic carboxylic acids is 2. The van der Waals surface area contributed by atoms with Gasteiger partial charge in [0.2, 0.25) is 0 Å². The fraction of sp³-hybridized carbons (Fsp3) is 0.143. The lowest BCUT2D eigenvalue weighted by Gasteiger charge is -2.17. The molecule has 5 nitrogen and oxygen atoms in total. The monoisotopic (exact) mass is 314 g/mol. The number of benzene rings is 2. The van der Waals surface area contributed by atoms with E-state index in [1.807, 2.05) is 0 Å². The molecule has 2 rings (SSSR count). The first-order valence-electron chi connectivity index (χ1n) is 5.86. The van der Waals surface area contributed by atoms with Gasteiger partial charge in [-0.15, -0.1) is 0 Å². The van der Waals surface area contributed by atoms with E-state index in [1.165, 1.54) is 12.1 Å². The van der Waals surface area contributed by atoms with Crippen molar-refractivity contribution in [3.63, 3.8) is 0 Å². The van der Waals surface area contributed by atoms with Gasteiger partial charge in [-0.1, -0.05) is 12.1 Å². The predicted octanol–water partition coefficient (Wildman–Crippen LogP) is 3.26. The van der Waals surface area contributed by atoms with E-state index >= 15 is 0 Å². The van der Waals surface area contributed by atoms with Crippen LogP contribution in [-0.2, 0) is 6.18 Å². The molecule has 2 aromatic carbocycles. The fourth-order valence-corrected chi connectivity index (χ4v) is 2.27. The van der Waals surface area contributed by atoms with Crippen LogP contribution in [0, 0.1) is 0 Å². The number of rotatable bonds is 3. The molecule has 0 saturated carbocycles. The van der Waals surface area contributed by atoms with Gasteiger partial charge in [-0.25, -0.2) is 9.59 Å². The lowest BCUT2D eigenvalue weighted by atomic mass is 9.93. The van der Waals surface area contributed by atoms with Crippen LogP contribution in [0.3, 0.4) is 0 Å². The molecule has 0 unspecified atom stereocenters. The normalized spacial score (nSPS) is 11.5. The van der Waals surface area contributed by atoms with Gasteiger partial charge in [-0.2, -0.15) is 13.2 Å². The molecule has 2 N–H and O–H groups in total. The Bertz CT molecular complexity index is 780. The van der Waals surface area contributed by atoms with E-state index in [4.69, 9.17) is 5.11 Å². The molecular weight excluding hydrogens is 305 g/mol. The molecule has 0 aliphatic heterocycles. The Morgan fingerprint density at radius 1 is 1.14 bits per heavy atom. The Labute approximate surface area is 121 Å². The van der Waals surface area contributed by atoms with Gasteiger partial charge in [-0.3, -0.25) is 0 Å². The van der Waals surface area contributed by atoms with E-state index in [0.717, 1.165) is 19.2 Å². The zero-order valence-electron chi connectivity index (χ0n) is 11.1. The van der Waals surface area contributed by atoms with Crippen molar-refractivity contribution in [2.24, 2.45) is 0 Å². The third-order valence-electron chi connectivity index (χ3n) is 3.08. The first kappa shape index (κ1) is 15.6. The van der Waals surface area contributed by atoms with Crippen molar-refractivity contribution in [1.82, 2.24) is 0 Å². The molecule has 0 aliphatic rings. The minimum absolute atomic E-state index is 0.0298. The van der Waals surface area contributed by atoms with Crippen molar-refractivity contribution in [3.8, 4) is 5.75 Å². The highest BCUT2D eigenvalue weighted by Crippen LogP contribution is 2.43. The summed E-state index contributed by atoms with van der Waals surface area (Å²) in [5.74, 6) is -4.09. The third kappa shape index (κ3) is 2.43. The van der Waals surface area contributed by atoms with Crippen molar-refractivity contribution in [1.29, 1.82) is 0 Å². The third-order valence-corrected chi connectivity index (χ3v) is 3.08. The summed E-state index contributed by atoms with van der Waals surface area (Å²) in [6.07, 6.45) is -5.02. The lowest BCUT2D eigenvalue weighted by Crippen LogP contribution is -2.16. The molecule has 0 saturated heterocycles. The van der Waals surface area contributed by atoms with Crippen LogP contribution >= 0.6 is 0 Å². The van der Waals surface area contributed by atoms with Crippen molar-refractivity contribution in [2.45, 2.75) is 6.18 Å². The summed E-state index contributed by atoms with van der Waals surface area (Å²) in [5, 5.41) is 17.8. The van der Waals surface area contributed by atoms with Gasteiger partial charge in [0.15, 0.2) is 0 Å². The Morgan fingerprint density at radius 3 is 2.23 bits per heavy atom. The van der Waals surface area contributed by atoms with Crippen LogP contribution in [0.2, 0.25) is 0 Å². The zero-order chi connectivity index (χ0) is 16.7. The molecule has 22 heavy (non-hydrogen) atoms. The molecule has 116 valence electrons. The highest BCUT2D eigenvalue weighted by atomic mass is 19.4. The van der Waals surface area contributed by atoms with E-state index in [1.54, 1.807) is 0 Å². The highest BCUT2D eigenvalue weighted by Gasteiger charge is 2.41. The van der Waals surface area contributed by atoms with Crippen LogP contribution in [0.15, 0.2) is 24.3 Å². The first-order chi connectivity index (χ1) is 10.2. The minimum atomic E-state index is -5.02. The number of carboxylic acid groups (broad SMARTS) is 2. The summed E-state index contributed by atoms with van der Waals surface area (Å²) in [5.41, 5.74) is -3.17. The summed E-state index contributed by atoms with van der Waals surface area (Å²) >= 11 is 0. The van der Waals surface area contributed by atoms with Crippen molar-refractivity contribution in [2.75, 3.05) is 7.11 Å². The number of halogens is 3. The van der Waals surface area contributed by atoms with E-state index in [0.29, 0.717) is 0 Å². The van der Waals surface area contributed by atoms with E-state index in [-0.39, 0.29) is 5.39 Å². The minimum Gasteiger partial charge on any atom is -0.496 e.